The van der Waals surface area contributed by atoms with Crippen LogP contribution in [0.4, 0.5) is 4.39 Å². The van der Waals surface area contributed by atoms with Crippen LogP contribution in [0, 0.1) is 12.7 Å². The van der Waals surface area contributed by atoms with E-state index in [2.05, 4.69) is 20.4 Å². The Morgan fingerprint density at radius 2 is 1.90 bits per heavy atom. The molecule has 1 N–H and O–H groups in total. The molecule has 0 atom stereocenters. The summed E-state index contributed by atoms with van der Waals surface area (Å²) < 4.78 is 19.0. The number of aromatic nitrogens is 4. The largest absolute Gasteiger partial charge is 0.440 e. The highest BCUT2D eigenvalue weighted by atomic mass is 19.1. The Balaban J connectivity index is 1.83. The smallest absolute Gasteiger partial charge is 0.226 e. The number of hydrogen-bond acceptors (Lipinski definition) is 4. The van der Waals surface area contributed by atoms with E-state index in [1.54, 1.807) is 12.1 Å². The van der Waals surface area contributed by atoms with Crippen molar-refractivity contribution in [2.75, 3.05) is 0 Å². The molecule has 6 heteroatoms. The maximum atomic E-state index is 13.0. The summed E-state index contributed by atoms with van der Waals surface area (Å²) in [4.78, 5) is 4.56. The molecular formula is C15H13FN4O. The fourth-order valence-corrected chi connectivity index (χ4v) is 2.35. The van der Waals surface area contributed by atoms with Gasteiger partial charge in [-0.05, 0) is 44.0 Å². The third-order valence-corrected chi connectivity index (χ3v) is 3.64. The Labute approximate surface area is 120 Å². The minimum Gasteiger partial charge on any atom is -0.440 e. The van der Waals surface area contributed by atoms with E-state index in [4.69, 9.17) is 4.42 Å². The Morgan fingerprint density at radius 3 is 2.52 bits per heavy atom. The molecule has 1 aliphatic carbocycles. The zero-order valence-corrected chi connectivity index (χ0v) is 11.4. The van der Waals surface area contributed by atoms with E-state index in [1.807, 2.05) is 6.92 Å². The second-order valence-corrected chi connectivity index (χ2v) is 5.27. The lowest BCUT2D eigenvalue weighted by molar-refractivity contribution is 0.521. The lowest BCUT2D eigenvalue weighted by Crippen LogP contribution is -1.87. The summed E-state index contributed by atoms with van der Waals surface area (Å²) in [7, 11) is 0. The first-order valence-corrected chi connectivity index (χ1v) is 6.87. The molecule has 21 heavy (non-hydrogen) atoms. The van der Waals surface area contributed by atoms with Crippen LogP contribution in [0.15, 0.2) is 28.7 Å². The third-order valence-electron chi connectivity index (χ3n) is 3.64. The highest BCUT2D eigenvalue weighted by molar-refractivity contribution is 5.65. The van der Waals surface area contributed by atoms with Crippen LogP contribution in [0.3, 0.4) is 0 Å². The van der Waals surface area contributed by atoms with E-state index in [0.29, 0.717) is 17.5 Å². The van der Waals surface area contributed by atoms with Gasteiger partial charge in [0.05, 0.1) is 5.69 Å². The monoisotopic (exact) mass is 284 g/mol. The number of nitrogens with one attached hydrogen (secondary N) is 1. The van der Waals surface area contributed by atoms with E-state index >= 15 is 0 Å². The molecule has 106 valence electrons. The normalized spacial score (nSPS) is 14.6. The van der Waals surface area contributed by atoms with Gasteiger partial charge in [0.25, 0.3) is 0 Å². The Morgan fingerprint density at radius 1 is 1.14 bits per heavy atom. The van der Waals surface area contributed by atoms with Gasteiger partial charge in [-0.15, -0.1) is 0 Å². The van der Waals surface area contributed by atoms with Crippen molar-refractivity contribution < 1.29 is 8.81 Å². The summed E-state index contributed by atoms with van der Waals surface area (Å²) in [5.41, 5.74) is 3.00. The van der Waals surface area contributed by atoms with Crippen LogP contribution in [0.5, 0.6) is 0 Å². The van der Waals surface area contributed by atoms with E-state index in [-0.39, 0.29) is 5.82 Å². The van der Waals surface area contributed by atoms with Crippen molar-refractivity contribution in [3.05, 3.63) is 41.5 Å². The number of H-pyrrole nitrogens is 1. The second kappa shape index (κ2) is 4.51. The van der Waals surface area contributed by atoms with Gasteiger partial charge in [-0.3, -0.25) is 0 Å². The molecule has 0 amide bonds. The topological polar surface area (TPSA) is 67.6 Å². The fourth-order valence-electron chi connectivity index (χ4n) is 2.35. The molecule has 2 heterocycles. The maximum Gasteiger partial charge on any atom is 0.226 e. The van der Waals surface area contributed by atoms with Crippen LogP contribution in [0.2, 0.25) is 0 Å². The number of benzene rings is 1. The van der Waals surface area contributed by atoms with Gasteiger partial charge < -0.3 is 4.42 Å². The lowest BCUT2D eigenvalue weighted by atomic mass is 10.2. The minimum absolute atomic E-state index is 0.278. The van der Waals surface area contributed by atoms with Crippen LogP contribution in [-0.2, 0) is 0 Å². The fraction of sp³-hybridized carbons (Fsp3) is 0.267. The molecule has 0 unspecified atom stereocenters. The van der Waals surface area contributed by atoms with Gasteiger partial charge in [0.15, 0.2) is 0 Å². The third kappa shape index (κ3) is 2.12. The molecule has 1 fully saturated rings. The first-order valence-electron chi connectivity index (χ1n) is 6.87. The molecule has 0 spiro atoms. The van der Waals surface area contributed by atoms with Crippen LogP contribution < -0.4 is 0 Å². The Kier molecular flexibility index (Phi) is 2.63. The highest BCUT2D eigenvalue weighted by Gasteiger charge is 2.33. The van der Waals surface area contributed by atoms with Crippen molar-refractivity contribution >= 4 is 0 Å². The molecule has 0 aliphatic heterocycles. The van der Waals surface area contributed by atoms with Gasteiger partial charge in [0.2, 0.25) is 5.89 Å². The first-order chi connectivity index (χ1) is 10.2. The summed E-state index contributed by atoms with van der Waals surface area (Å²) in [6.45, 7) is 1.88. The number of aryl methyl sites for hydroxylation is 1. The standard InChI is InChI=1S/C15H13FN4O/c1-8-12(19-20-18-8)13-14(9-2-3-9)21-15(17-13)10-4-6-11(16)7-5-10/h4-7,9H,2-3H2,1H3,(H,18,19,20). The molecule has 1 aromatic carbocycles. The number of nitrogens with zero attached hydrogens (tertiary/aromatic N) is 3. The van der Waals surface area contributed by atoms with Crippen molar-refractivity contribution in [3.8, 4) is 22.8 Å². The Bertz CT molecular complexity index is 786. The van der Waals surface area contributed by atoms with Crippen LogP contribution >= 0.6 is 0 Å². The molecule has 5 nitrogen and oxygen atoms in total. The van der Waals surface area contributed by atoms with Gasteiger partial charge in [-0.1, -0.05) is 0 Å². The van der Waals surface area contributed by atoms with E-state index in [0.717, 1.165) is 35.6 Å². The molecule has 0 saturated heterocycles. The zero-order chi connectivity index (χ0) is 14.4. The van der Waals surface area contributed by atoms with Gasteiger partial charge in [0, 0.05) is 11.5 Å². The summed E-state index contributed by atoms with van der Waals surface area (Å²) in [5, 5.41) is 10.8. The van der Waals surface area contributed by atoms with Gasteiger partial charge >= 0.3 is 0 Å². The molecule has 4 rings (SSSR count). The minimum atomic E-state index is -0.278. The Hall–Kier alpha value is -2.50. The van der Waals surface area contributed by atoms with E-state index in [9.17, 15) is 4.39 Å². The van der Waals surface area contributed by atoms with Crippen molar-refractivity contribution in [1.82, 2.24) is 20.4 Å². The van der Waals surface area contributed by atoms with Gasteiger partial charge in [-0.25, -0.2) is 9.37 Å². The summed E-state index contributed by atoms with van der Waals surface area (Å²) in [5.74, 6) is 1.47. The van der Waals surface area contributed by atoms with Crippen LogP contribution in [-0.4, -0.2) is 20.4 Å². The van der Waals surface area contributed by atoms with Gasteiger partial charge in [-0.2, -0.15) is 15.4 Å². The van der Waals surface area contributed by atoms with Crippen molar-refractivity contribution in [2.45, 2.75) is 25.7 Å². The highest BCUT2D eigenvalue weighted by Crippen LogP contribution is 2.45. The molecule has 3 aromatic rings. The van der Waals surface area contributed by atoms with Crippen molar-refractivity contribution in [1.29, 1.82) is 0 Å². The van der Waals surface area contributed by atoms with E-state index < -0.39 is 0 Å². The van der Waals surface area contributed by atoms with Crippen LogP contribution in [0.1, 0.15) is 30.2 Å². The number of aromatic amines is 1. The SMILES string of the molecule is Cc1n[nH]nc1-c1nc(-c2ccc(F)cc2)oc1C1CC1. The van der Waals surface area contributed by atoms with Crippen LogP contribution in [0.25, 0.3) is 22.8 Å². The maximum absolute atomic E-state index is 13.0. The van der Waals surface area contributed by atoms with Crippen molar-refractivity contribution in [3.63, 3.8) is 0 Å². The number of rotatable bonds is 3. The predicted octanol–water partition coefficient (Wildman–Crippen LogP) is 3.45. The number of halogens is 1. The zero-order valence-electron chi connectivity index (χ0n) is 11.4. The number of hydrogen-bond donors (Lipinski definition) is 1. The molecule has 2 aromatic heterocycles. The average Bonchev–Trinajstić information content (AvgIpc) is 3.10. The predicted molar refractivity (Wildman–Crippen MR) is 74.0 cm³/mol. The first kappa shape index (κ1) is 12.3. The summed E-state index contributed by atoms with van der Waals surface area (Å²) in [6.07, 6.45) is 2.20. The lowest BCUT2D eigenvalue weighted by Gasteiger charge is -1.95. The summed E-state index contributed by atoms with van der Waals surface area (Å²) >= 11 is 0. The number of oxazole rings is 1. The summed E-state index contributed by atoms with van der Waals surface area (Å²) in [6, 6.07) is 6.13. The molecule has 0 radical (unpaired) electrons. The average molecular weight is 284 g/mol. The molecular weight excluding hydrogens is 271 g/mol. The molecule has 1 aliphatic rings. The molecule has 0 bridgehead atoms. The molecule has 1 saturated carbocycles. The quantitative estimate of drug-likeness (QED) is 0.799. The van der Waals surface area contributed by atoms with Gasteiger partial charge in [0.1, 0.15) is 23.0 Å². The van der Waals surface area contributed by atoms with Crippen molar-refractivity contribution in [2.24, 2.45) is 0 Å². The van der Waals surface area contributed by atoms with E-state index in [1.165, 1.54) is 12.1 Å². The second-order valence-electron chi connectivity index (χ2n) is 5.27.